The van der Waals surface area contributed by atoms with Crippen LogP contribution < -0.4 is 4.90 Å². The number of para-hydroxylation sites is 2. The van der Waals surface area contributed by atoms with E-state index in [9.17, 15) is 9.90 Å². The number of hydrogen-bond acceptors (Lipinski definition) is 2. The van der Waals surface area contributed by atoms with Crippen molar-refractivity contribution < 1.29 is 9.90 Å². The number of carbonyl (C=O) groups excluding carboxylic acids is 1. The molecule has 0 radical (unpaired) electrons. The predicted molar refractivity (Wildman–Crippen MR) is 79.5 cm³/mol. The zero-order valence-corrected chi connectivity index (χ0v) is 11.2. The Hall–Kier alpha value is -2.57. The van der Waals surface area contributed by atoms with Crippen molar-refractivity contribution in [1.29, 1.82) is 0 Å². The van der Waals surface area contributed by atoms with Crippen molar-refractivity contribution >= 4 is 17.3 Å². The molecule has 2 aromatic carbocycles. The molecule has 2 rings (SSSR count). The third-order valence-corrected chi connectivity index (χ3v) is 2.62. The molecule has 1 atom stereocenters. The Morgan fingerprint density at radius 1 is 1.00 bits per heavy atom. The van der Waals surface area contributed by atoms with E-state index in [1.807, 2.05) is 60.7 Å². The van der Waals surface area contributed by atoms with Crippen molar-refractivity contribution in [2.45, 2.75) is 13.0 Å². The number of benzene rings is 2. The summed E-state index contributed by atoms with van der Waals surface area (Å²) in [6, 6.07) is 18.6. The second-order valence-electron chi connectivity index (χ2n) is 4.26. The maximum Gasteiger partial charge on any atom is 0.307 e. The second-order valence-corrected chi connectivity index (χ2v) is 4.26. The van der Waals surface area contributed by atoms with Crippen LogP contribution in [0.25, 0.3) is 0 Å². The largest absolute Gasteiger partial charge is 0.381 e. The average molecular weight is 265 g/mol. The van der Waals surface area contributed by atoms with Crippen molar-refractivity contribution in [2.75, 3.05) is 4.90 Å². The lowest BCUT2D eigenvalue weighted by Gasteiger charge is -2.20. The smallest absolute Gasteiger partial charge is 0.307 e. The normalized spacial score (nSPS) is 11.1. The van der Waals surface area contributed by atoms with E-state index >= 15 is 0 Å². The van der Waals surface area contributed by atoms with Gasteiger partial charge in [-0.05, 0) is 37.1 Å². The Bertz CT molecular complexity index is 585. The van der Waals surface area contributed by atoms with Crippen LogP contribution in [-0.2, 0) is 4.79 Å². The van der Waals surface area contributed by atoms with E-state index < -0.39 is 6.10 Å². The summed E-state index contributed by atoms with van der Waals surface area (Å²) in [4.78, 5) is 13.8. The summed E-state index contributed by atoms with van der Waals surface area (Å²) in [5.74, 6) is 4.57. The van der Waals surface area contributed by atoms with Gasteiger partial charge in [-0.2, -0.15) is 0 Å². The lowest BCUT2D eigenvalue weighted by Crippen LogP contribution is -2.24. The maximum atomic E-state index is 12.3. The van der Waals surface area contributed by atoms with Crippen LogP contribution in [0.2, 0.25) is 0 Å². The number of aliphatic hydroxyl groups is 1. The molecule has 0 saturated carbocycles. The number of amides is 1. The van der Waals surface area contributed by atoms with Crippen LogP contribution in [0.4, 0.5) is 11.4 Å². The summed E-state index contributed by atoms with van der Waals surface area (Å²) < 4.78 is 0. The first-order chi connectivity index (χ1) is 9.68. The molecule has 100 valence electrons. The van der Waals surface area contributed by atoms with Crippen LogP contribution in [-0.4, -0.2) is 17.1 Å². The standard InChI is InChI=1S/C17H15NO2/c1-14(19)12-13-17(20)18(15-8-4-2-5-9-15)16-10-6-3-7-11-16/h2-11,14,19H,1H3/t14-/m1/s1. The summed E-state index contributed by atoms with van der Waals surface area (Å²) in [7, 11) is 0. The van der Waals surface area contributed by atoms with Gasteiger partial charge in [-0.3, -0.25) is 9.69 Å². The van der Waals surface area contributed by atoms with E-state index in [1.165, 1.54) is 11.8 Å². The van der Waals surface area contributed by atoms with Gasteiger partial charge in [-0.15, -0.1) is 0 Å². The second kappa shape index (κ2) is 6.55. The molecule has 0 aliphatic rings. The van der Waals surface area contributed by atoms with Gasteiger partial charge in [0.25, 0.3) is 0 Å². The van der Waals surface area contributed by atoms with Gasteiger partial charge in [-0.25, -0.2) is 0 Å². The Balaban J connectivity index is 2.41. The van der Waals surface area contributed by atoms with Crippen LogP contribution >= 0.6 is 0 Å². The number of anilines is 2. The fourth-order valence-corrected chi connectivity index (χ4v) is 1.76. The highest BCUT2D eigenvalue weighted by atomic mass is 16.3. The molecule has 0 saturated heterocycles. The number of aliphatic hydroxyl groups excluding tert-OH is 1. The summed E-state index contributed by atoms with van der Waals surface area (Å²) in [5, 5.41) is 9.18. The lowest BCUT2D eigenvalue weighted by atomic mass is 10.2. The fourth-order valence-electron chi connectivity index (χ4n) is 1.76. The molecule has 2 aromatic rings. The number of nitrogens with zero attached hydrogens (tertiary/aromatic N) is 1. The zero-order chi connectivity index (χ0) is 14.4. The molecule has 0 spiro atoms. The number of rotatable bonds is 2. The highest BCUT2D eigenvalue weighted by Gasteiger charge is 2.15. The molecule has 0 heterocycles. The molecular formula is C17H15NO2. The van der Waals surface area contributed by atoms with E-state index in [4.69, 9.17) is 0 Å². The van der Waals surface area contributed by atoms with Gasteiger partial charge in [0.15, 0.2) is 0 Å². The zero-order valence-electron chi connectivity index (χ0n) is 11.2. The van der Waals surface area contributed by atoms with Gasteiger partial charge in [0, 0.05) is 11.4 Å². The van der Waals surface area contributed by atoms with Crippen LogP contribution in [0.1, 0.15) is 6.92 Å². The van der Waals surface area contributed by atoms with Gasteiger partial charge >= 0.3 is 5.91 Å². The minimum absolute atomic E-state index is 0.372. The Morgan fingerprint density at radius 2 is 1.45 bits per heavy atom. The van der Waals surface area contributed by atoms with E-state index in [1.54, 1.807) is 0 Å². The molecule has 0 aliphatic heterocycles. The summed E-state index contributed by atoms with van der Waals surface area (Å²) in [6.07, 6.45) is -0.827. The van der Waals surface area contributed by atoms with Crippen LogP contribution in [0, 0.1) is 11.8 Å². The molecule has 0 unspecified atom stereocenters. The van der Waals surface area contributed by atoms with E-state index in [0.717, 1.165) is 11.4 Å². The van der Waals surface area contributed by atoms with Crippen molar-refractivity contribution in [3.8, 4) is 11.8 Å². The SMILES string of the molecule is C[C@@H](O)C#CC(=O)N(c1ccccc1)c1ccccc1. The third-order valence-electron chi connectivity index (χ3n) is 2.62. The Kier molecular flexibility index (Phi) is 4.54. The first kappa shape index (κ1) is 13.9. The molecule has 1 N–H and O–H groups in total. The van der Waals surface area contributed by atoms with Crippen LogP contribution in [0.15, 0.2) is 60.7 Å². The molecule has 1 amide bonds. The summed E-state index contributed by atoms with van der Waals surface area (Å²) in [6.45, 7) is 1.52. The van der Waals surface area contributed by atoms with Crippen molar-refractivity contribution in [1.82, 2.24) is 0 Å². The molecule has 0 aromatic heterocycles. The molecule has 0 fully saturated rings. The van der Waals surface area contributed by atoms with Crippen molar-refractivity contribution in [2.24, 2.45) is 0 Å². The minimum Gasteiger partial charge on any atom is -0.381 e. The topological polar surface area (TPSA) is 40.5 Å². The first-order valence-corrected chi connectivity index (χ1v) is 6.32. The molecule has 3 heteroatoms. The van der Waals surface area contributed by atoms with Gasteiger partial charge in [0.05, 0.1) is 0 Å². The van der Waals surface area contributed by atoms with Crippen LogP contribution in [0.3, 0.4) is 0 Å². The van der Waals surface area contributed by atoms with Gasteiger partial charge in [0.2, 0.25) is 0 Å². The van der Waals surface area contributed by atoms with Crippen molar-refractivity contribution in [3.05, 3.63) is 60.7 Å². The molecule has 0 aliphatic carbocycles. The predicted octanol–water partition coefficient (Wildman–Crippen LogP) is 2.74. The lowest BCUT2D eigenvalue weighted by molar-refractivity contribution is -0.112. The number of carbonyl (C=O) groups is 1. The molecule has 20 heavy (non-hydrogen) atoms. The molecule has 3 nitrogen and oxygen atoms in total. The van der Waals surface area contributed by atoms with Crippen LogP contribution in [0.5, 0.6) is 0 Å². The van der Waals surface area contributed by atoms with E-state index in [-0.39, 0.29) is 5.91 Å². The number of hydrogen-bond donors (Lipinski definition) is 1. The van der Waals surface area contributed by atoms with Crippen molar-refractivity contribution in [3.63, 3.8) is 0 Å². The highest BCUT2D eigenvalue weighted by Crippen LogP contribution is 2.24. The summed E-state index contributed by atoms with van der Waals surface area (Å²) >= 11 is 0. The van der Waals surface area contributed by atoms with E-state index in [2.05, 4.69) is 11.8 Å². The monoisotopic (exact) mass is 265 g/mol. The van der Waals surface area contributed by atoms with Gasteiger partial charge in [0.1, 0.15) is 6.10 Å². The minimum atomic E-state index is -0.827. The Labute approximate surface area is 118 Å². The Morgan fingerprint density at radius 3 is 1.85 bits per heavy atom. The first-order valence-electron chi connectivity index (χ1n) is 6.32. The highest BCUT2D eigenvalue weighted by molar-refractivity contribution is 6.10. The summed E-state index contributed by atoms with van der Waals surface area (Å²) in [5.41, 5.74) is 1.48. The van der Waals surface area contributed by atoms with Gasteiger partial charge in [-0.1, -0.05) is 42.3 Å². The van der Waals surface area contributed by atoms with Gasteiger partial charge < -0.3 is 5.11 Å². The maximum absolute atomic E-state index is 12.3. The fraction of sp³-hybridized carbons (Fsp3) is 0.118. The third kappa shape index (κ3) is 3.47. The average Bonchev–Trinajstić information content (AvgIpc) is 2.48. The molecule has 0 bridgehead atoms. The van der Waals surface area contributed by atoms with E-state index in [0.29, 0.717) is 0 Å². The quantitative estimate of drug-likeness (QED) is 0.848. The molecular weight excluding hydrogens is 250 g/mol.